The second-order valence-corrected chi connectivity index (χ2v) is 10.2. The summed E-state index contributed by atoms with van der Waals surface area (Å²) in [5.74, 6) is -0.436. The van der Waals surface area contributed by atoms with Gasteiger partial charge in [0.2, 0.25) is 5.95 Å². The van der Waals surface area contributed by atoms with Gasteiger partial charge in [-0.3, -0.25) is 14.2 Å². The van der Waals surface area contributed by atoms with Gasteiger partial charge in [0.05, 0.1) is 21.5 Å². The normalized spacial score (nSPS) is 11.5. The fraction of sp³-hybridized carbons (Fsp3) is 0.227. The average molecular weight is 499 g/mol. The summed E-state index contributed by atoms with van der Waals surface area (Å²) in [6.07, 6.45) is 6.19. The molecule has 176 valence electrons. The number of thiophene rings is 1. The predicted molar refractivity (Wildman–Crippen MR) is 131 cm³/mol. The number of nitrogens with one attached hydrogen (secondary N) is 2. The van der Waals surface area contributed by atoms with Crippen molar-refractivity contribution < 1.29 is 13.2 Å². The number of sulfonamides is 1. The Morgan fingerprint density at radius 3 is 2.50 bits per heavy atom. The number of nitrogens with zero attached hydrogens (tertiary/aromatic N) is 4. The molecule has 0 bridgehead atoms. The fourth-order valence-electron chi connectivity index (χ4n) is 3.30. The average Bonchev–Trinajstić information content (AvgIpc) is 3.16. The van der Waals surface area contributed by atoms with Gasteiger partial charge in [0.25, 0.3) is 21.5 Å². The minimum atomic E-state index is -3.88. The number of unbranched alkanes of at least 4 members (excludes halogenated alkanes) is 1. The van der Waals surface area contributed by atoms with Gasteiger partial charge in [-0.2, -0.15) is 0 Å². The second-order valence-electron chi connectivity index (χ2n) is 7.49. The van der Waals surface area contributed by atoms with E-state index in [1.165, 1.54) is 43.0 Å². The maximum Gasteiger partial charge on any atom is 0.266 e. The van der Waals surface area contributed by atoms with Crippen LogP contribution in [0.25, 0.3) is 10.2 Å². The van der Waals surface area contributed by atoms with Crippen molar-refractivity contribution in [1.29, 1.82) is 0 Å². The van der Waals surface area contributed by atoms with Crippen LogP contribution < -0.4 is 15.6 Å². The summed E-state index contributed by atoms with van der Waals surface area (Å²) in [6, 6.07) is 7.28. The maximum absolute atomic E-state index is 12.9. The number of rotatable bonds is 8. The lowest BCUT2D eigenvalue weighted by Crippen LogP contribution is -2.20. The van der Waals surface area contributed by atoms with Crippen LogP contribution in [0.3, 0.4) is 0 Å². The Kier molecular flexibility index (Phi) is 6.70. The fourth-order valence-corrected chi connectivity index (χ4v) is 5.29. The lowest BCUT2D eigenvalue weighted by molar-refractivity contribution is 0.103. The molecule has 1 amide bonds. The molecule has 12 heteroatoms. The van der Waals surface area contributed by atoms with Gasteiger partial charge in [-0.05, 0) is 49.2 Å². The first-order valence-corrected chi connectivity index (χ1v) is 12.8. The van der Waals surface area contributed by atoms with E-state index < -0.39 is 15.9 Å². The number of aromatic nitrogens is 4. The third-order valence-electron chi connectivity index (χ3n) is 5.09. The van der Waals surface area contributed by atoms with Crippen molar-refractivity contribution in [2.45, 2.75) is 38.1 Å². The topological polar surface area (TPSA) is 136 Å². The van der Waals surface area contributed by atoms with Crippen molar-refractivity contribution in [3.63, 3.8) is 0 Å². The number of anilines is 2. The zero-order valence-corrected chi connectivity index (χ0v) is 20.1. The molecular weight excluding hydrogens is 476 g/mol. The molecule has 34 heavy (non-hydrogen) atoms. The summed E-state index contributed by atoms with van der Waals surface area (Å²) >= 11 is 1.15. The Bertz CT molecular complexity index is 1500. The summed E-state index contributed by atoms with van der Waals surface area (Å²) in [5.41, 5.74) is 0.827. The lowest BCUT2D eigenvalue weighted by atomic mass is 10.2. The van der Waals surface area contributed by atoms with Gasteiger partial charge in [0.1, 0.15) is 4.83 Å². The van der Waals surface area contributed by atoms with Gasteiger partial charge in [-0.1, -0.05) is 13.3 Å². The first kappa shape index (κ1) is 23.5. The van der Waals surface area contributed by atoms with Crippen LogP contribution in [0.2, 0.25) is 0 Å². The van der Waals surface area contributed by atoms with Crippen LogP contribution in [0.1, 0.15) is 35.0 Å². The van der Waals surface area contributed by atoms with Crippen LogP contribution in [-0.4, -0.2) is 33.8 Å². The van der Waals surface area contributed by atoms with E-state index in [2.05, 4.69) is 25.0 Å². The molecular formula is C22H22N6O4S2. The van der Waals surface area contributed by atoms with Crippen LogP contribution >= 0.6 is 11.3 Å². The summed E-state index contributed by atoms with van der Waals surface area (Å²) in [4.78, 5) is 38.7. The minimum Gasteiger partial charge on any atom is -0.321 e. The van der Waals surface area contributed by atoms with E-state index in [0.29, 0.717) is 32.9 Å². The van der Waals surface area contributed by atoms with E-state index in [9.17, 15) is 18.0 Å². The van der Waals surface area contributed by atoms with E-state index in [1.54, 1.807) is 17.6 Å². The van der Waals surface area contributed by atoms with Gasteiger partial charge < -0.3 is 5.32 Å². The van der Waals surface area contributed by atoms with E-state index in [4.69, 9.17) is 0 Å². The number of hydrogen-bond donors (Lipinski definition) is 2. The van der Waals surface area contributed by atoms with Gasteiger partial charge in [-0.15, -0.1) is 11.3 Å². The van der Waals surface area contributed by atoms with Crippen LogP contribution in [0.4, 0.5) is 11.6 Å². The Morgan fingerprint density at radius 1 is 1.12 bits per heavy atom. The van der Waals surface area contributed by atoms with Crippen LogP contribution in [0.5, 0.6) is 0 Å². The monoisotopic (exact) mass is 498 g/mol. The molecule has 0 unspecified atom stereocenters. The highest BCUT2D eigenvalue weighted by Gasteiger charge is 2.20. The van der Waals surface area contributed by atoms with E-state index in [1.807, 2.05) is 6.92 Å². The first-order valence-electron chi connectivity index (χ1n) is 10.5. The highest BCUT2D eigenvalue weighted by Crippen LogP contribution is 2.28. The molecule has 2 N–H and O–H groups in total. The summed E-state index contributed by atoms with van der Waals surface area (Å²) in [5, 5.41) is 3.20. The third-order valence-corrected chi connectivity index (χ3v) is 7.63. The summed E-state index contributed by atoms with van der Waals surface area (Å²) < 4.78 is 28.9. The molecule has 0 aliphatic rings. The number of aryl methyl sites for hydroxylation is 2. The molecule has 0 aliphatic carbocycles. The van der Waals surface area contributed by atoms with Crippen LogP contribution in [0, 0.1) is 6.92 Å². The molecule has 4 aromatic rings. The Balaban J connectivity index is 1.53. The Hall–Kier alpha value is -3.64. The van der Waals surface area contributed by atoms with Crippen molar-refractivity contribution in [2.75, 3.05) is 10.0 Å². The van der Waals surface area contributed by atoms with E-state index in [0.717, 1.165) is 24.2 Å². The Labute approximate surface area is 199 Å². The smallest absolute Gasteiger partial charge is 0.266 e. The van der Waals surface area contributed by atoms with Crippen molar-refractivity contribution in [2.24, 2.45) is 0 Å². The third kappa shape index (κ3) is 4.82. The number of carbonyl (C=O) groups excluding carboxylic acids is 1. The maximum atomic E-state index is 12.9. The van der Waals surface area contributed by atoms with Gasteiger partial charge in [0, 0.05) is 24.6 Å². The number of carbonyl (C=O) groups is 1. The van der Waals surface area contributed by atoms with Crippen molar-refractivity contribution in [1.82, 2.24) is 19.5 Å². The summed E-state index contributed by atoms with van der Waals surface area (Å²) in [7, 11) is -3.88. The molecule has 4 rings (SSSR count). The molecule has 0 saturated carbocycles. The largest absolute Gasteiger partial charge is 0.321 e. The van der Waals surface area contributed by atoms with E-state index in [-0.39, 0.29) is 16.4 Å². The van der Waals surface area contributed by atoms with Crippen LogP contribution in [0.15, 0.2) is 58.7 Å². The number of hydrogen-bond acceptors (Lipinski definition) is 8. The molecule has 3 aromatic heterocycles. The Morgan fingerprint density at radius 2 is 1.82 bits per heavy atom. The van der Waals surface area contributed by atoms with Gasteiger partial charge >= 0.3 is 0 Å². The number of benzene rings is 1. The second kappa shape index (κ2) is 9.69. The number of fused-ring (bicyclic) bond motifs is 1. The van der Waals surface area contributed by atoms with Crippen molar-refractivity contribution in [3.8, 4) is 0 Å². The minimum absolute atomic E-state index is 0.00664. The van der Waals surface area contributed by atoms with Crippen molar-refractivity contribution in [3.05, 3.63) is 69.8 Å². The molecule has 0 atom stereocenters. The molecule has 0 fully saturated rings. The summed E-state index contributed by atoms with van der Waals surface area (Å²) in [6.45, 7) is 4.36. The molecule has 0 saturated heterocycles. The zero-order valence-electron chi connectivity index (χ0n) is 18.5. The standard InChI is InChI=1S/C22H22N6O4S2/c1-3-4-12-28-13-25-20-17(21(28)30)14(2)18(33-20)19(29)26-15-6-8-16(9-7-15)34(31,32)27-22-23-10-5-11-24-22/h5-11,13H,3-4,12H2,1-2H3,(H,26,29)(H,23,24,27). The molecule has 0 spiro atoms. The first-order chi connectivity index (χ1) is 16.3. The highest BCUT2D eigenvalue weighted by atomic mass is 32.2. The van der Waals surface area contributed by atoms with Crippen molar-refractivity contribution >= 4 is 49.1 Å². The SMILES string of the molecule is CCCCn1cnc2sc(C(=O)Nc3ccc(S(=O)(=O)Nc4ncccn4)cc3)c(C)c2c1=O. The molecule has 10 nitrogen and oxygen atoms in total. The van der Waals surface area contributed by atoms with E-state index >= 15 is 0 Å². The predicted octanol–water partition coefficient (Wildman–Crippen LogP) is 3.41. The molecule has 1 aromatic carbocycles. The molecule has 3 heterocycles. The van der Waals surface area contributed by atoms with Gasteiger partial charge in [0.15, 0.2) is 0 Å². The quantitative estimate of drug-likeness (QED) is 0.380. The zero-order chi connectivity index (χ0) is 24.3. The highest BCUT2D eigenvalue weighted by molar-refractivity contribution is 7.92. The number of amides is 1. The van der Waals surface area contributed by atoms with Gasteiger partial charge in [-0.25, -0.2) is 28.1 Å². The lowest BCUT2D eigenvalue weighted by Gasteiger charge is -2.08. The molecule has 0 aliphatic heterocycles. The molecule has 0 radical (unpaired) electrons. The van der Waals surface area contributed by atoms with Crippen LogP contribution in [-0.2, 0) is 16.6 Å².